The normalized spacial score (nSPS) is 12.8. The largest absolute Gasteiger partial charge is 2.00 e. The molecule has 21 heteroatoms. The number of carbonyl (C=O) groups is 8. The van der Waals surface area contributed by atoms with Crippen molar-refractivity contribution in [1.82, 2.24) is 21.3 Å². The Bertz CT molecular complexity index is 857. The number of carboxylic acid groups (broad SMARTS) is 4. The van der Waals surface area contributed by atoms with Crippen molar-refractivity contribution in [3.8, 4) is 0 Å². The third-order valence-electron chi connectivity index (χ3n) is 4.41. The Morgan fingerprint density at radius 3 is 1.12 bits per heavy atom. The van der Waals surface area contributed by atoms with Crippen molar-refractivity contribution in [2.75, 3.05) is 24.6 Å². The molecule has 0 aliphatic heterocycles. The Labute approximate surface area is 265 Å². The molecule has 0 spiro atoms. The summed E-state index contributed by atoms with van der Waals surface area (Å²) in [4.78, 5) is 87.3. The fraction of sp³-hybridized carbons (Fsp3) is 0.600. The molecule has 0 saturated heterocycles. The van der Waals surface area contributed by atoms with Crippen LogP contribution in [0.2, 0.25) is 0 Å². The third kappa shape index (κ3) is 22.7. The van der Waals surface area contributed by atoms with Gasteiger partial charge in [0.05, 0.1) is 0 Å². The molecule has 0 heterocycles. The summed E-state index contributed by atoms with van der Waals surface area (Å²) in [6.45, 7) is -1.15. The maximum absolute atomic E-state index is 11.5. The van der Waals surface area contributed by atoms with E-state index in [2.05, 4.69) is 46.5 Å². The summed E-state index contributed by atoms with van der Waals surface area (Å²) in [6, 6.07) is -4.84. The quantitative estimate of drug-likeness (QED) is 0.0531. The molecule has 0 radical (unpaired) electrons. The molecule has 4 amide bonds. The van der Waals surface area contributed by atoms with Gasteiger partial charge in [-0.15, -0.1) is 0 Å². The van der Waals surface area contributed by atoms with Crippen molar-refractivity contribution in [2.45, 2.75) is 49.9 Å². The topological polar surface area (TPSA) is 313 Å². The molecule has 0 saturated carbocycles. The van der Waals surface area contributed by atoms with E-state index in [1.165, 1.54) is 0 Å². The van der Waals surface area contributed by atoms with Crippen LogP contribution in [-0.2, 0) is 65.7 Å². The van der Waals surface area contributed by atoms with Crippen LogP contribution in [0, 0.1) is 0 Å². The molecule has 10 N–H and O–H groups in total. The minimum atomic E-state index is -1.41. The van der Waals surface area contributed by atoms with Crippen LogP contribution < -0.4 is 21.3 Å². The predicted octanol–water partition coefficient (Wildman–Crippen LogP) is -2.23. The van der Waals surface area contributed by atoms with Gasteiger partial charge in [0.1, 0.15) is 25.2 Å². The fourth-order valence-electron chi connectivity index (χ4n) is 2.29. The number of thiol groups is 2. The van der Waals surface area contributed by atoms with E-state index in [1.807, 2.05) is 0 Å². The number of nitrogens with one attached hydrogen (secondary N) is 6. The molecule has 4 atom stereocenters. The molecule has 0 aromatic rings. The minimum absolute atomic E-state index is 0. The molecule has 0 bridgehead atoms. The number of amides is 4. The number of hydrogen-bond acceptors (Lipinski definition) is 10. The first-order valence-corrected chi connectivity index (χ1v) is 12.5. The number of hydrogen-bond donors (Lipinski definition) is 10. The van der Waals surface area contributed by atoms with Crippen molar-refractivity contribution < 1.29 is 86.1 Å². The standard InChI is InChI=1S/2C10H16N3O6S.Cd/c2*11-5(10(18)19)1-2-7(14)13-6(4-20)9(17)12-3-8(15)16;/h2*5-6,11,20H,1-4H2,(H,12,17)(H,13,14)(H,15,16)(H,18,19);/q2*-1;+2/t2*5-,6-;/m00./s1. The smallest absolute Gasteiger partial charge is 0.665 e. The molecule has 0 aromatic heterocycles. The van der Waals surface area contributed by atoms with Gasteiger partial charge in [0.15, 0.2) is 0 Å². The van der Waals surface area contributed by atoms with Crippen LogP contribution in [0.25, 0.3) is 11.5 Å². The van der Waals surface area contributed by atoms with Crippen molar-refractivity contribution in [1.29, 1.82) is 0 Å². The molecule has 0 aliphatic carbocycles. The average molecular weight is 725 g/mol. The van der Waals surface area contributed by atoms with Gasteiger partial charge in [-0.2, -0.15) is 25.3 Å². The van der Waals surface area contributed by atoms with Gasteiger partial charge in [0.2, 0.25) is 23.6 Å². The Balaban J connectivity index is -0.000000688. The average Bonchev–Trinajstić information content (AvgIpc) is 2.89. The van der Waals surface area contributed by atoms with E-state index >= 15 is 0 Å². The number of carbonyl (C=O) groups excluding carboxylic acids is 4. The molecule has 18 nitrogen and oxygen atoms in total. The van der Waals surface area contributed by atoms with Crippen molar-refractivity contribution in [3.05, 3.63) is 11.5 Å². The molecule has 228 valence electrons. The van der Waals surface area contributed by atoms with Crippen LogP contribution >= 0.6 is 25.3 Å². The summed E-state index contributed by atoms with van der Waals surface area (Å²) >= 11 is 7.72. The van der Waals surface area contributed by atoms with Crippen molar-refractivity contribution in [2.24, 2.45) is 0 Å². The number of rotatable bonds is 18. The van der Waals surface area contributed by atoms with Gasteiger partial charge in [-0.3, -0.25) is 38.4 Å². The zero-order chi connectivity index (χ0) is 31.4. The van der Waals surface area contributed by atoms with E-state index in [9.17, 15) is 38.4 Å². The van der Waals surface area contributed by atoms with Crippen molar-refractivity contribution in [3.63, 3.8) is 0 Å². The molecule has 0 aliphatic rings. The molecular formula is C20H32CdN6O12S2. The monoisotopic (exact) mass is 726 g/mol. The van der Waals surface area contributed by atoms with Crippen LogP contribution in [0.15, 0.2) is 0 Å². The first-order valence-electron chi connectivity index (χ1n) is 11.2. The molecular weight excluding hydrogens is 693 g/mol. The third-order valence-corrected chi connectivity index (χ3v) is 5.14. The maximum atomic E-state index is 11.5. The Morgan fingerprint density at radius 1 is 0.610 bits per heavy atom. The Hall–Kier alpha value is -2.70. The molecule has 0 unspecified atom stereocenters. The molecule has 0 fully saturated rings. The van der Waals surface area contributed by atoms with Gasteiger partial charge >= 0.3 is 39.2 Å². The molecule has 41 heavy (non-hydrogen) atoms. The summed E-state index contributed by atoms with van der Waals surface area (Å²) in [7, 11) is 0. The van der Waals surface area contributed by atoms with Crippen LogP contribution in [0.5, 0.6) is 0 Å². The Morgan fingerprint density at radius 2 is 0.902 bits per heavy atom. The fourth-order valence-corrected chi connectivity index (χ4v) is 2.81. The minimum Gasteiger partial charge on any atom is -0.665 e. The van der Waals surface area contributed by atoms with Gasteiger partial charge in [0.25, 0.3) is 11.9 Å². The first-order chi connectivity index (χ1) is 18.5. The maximum Gasteiger partial charge on any atom is 2.00 e. The van der Waals surface area contributed by atoms with Crippen LogP contribution in [-0.4, -0.2) is 117 Å². The van der Waals surface area contributed by atoms with Gasteiger partial charge < -0.3 is 53.2 Å². The summed E-state index contributed by atoms with van der Waals surface area (Å²) < 4.78 is 0. The molecule has 0 rings (SSSR count). The zero-order valence-corrected chi connectivity index (χ0v) is 27.4. The van der Waals surface area contributed by atoms with E-state index in [4.69, 9.17) is 31.9 Å². The zero-order valence-electron chi connectivity index (χ0n) is 21.6. The van der Waals surface area contributed by atoms with E-state index in [0.717, 1.165) is 0 Å². The van der Waals surface area contributed by atoms with Crippen molar-refractivity contribution >= 4 is 72.8 Å². The van der Waals surface area contributed by atoms with E-state index in [1.54, 1.807) is 0 Å². The van der Waals surface area contributed by atoms with E-state index in [0.29, 0.717) is 0 Å². The SMILES string of the molecule is [Cd+2].[NH-][C@@H](CCC(=O)N[C@@H](CS)C(=O)NCC(=O)O)C(=O)O.[NH-][C@@H](CCC(=O)N[C@@H](CS)C(=O)NCC(=O)O)C(=O)O. The van der Waals surface area contributed by atoms with E-state index < -0.39 is 84.8 Å². The van der Waals surface area contributed by atoms with Crippen LogP contribution in [0.3, 0.4) is 0 Å². The number of aliphatic carboxylic acids is 4. The van der Waals surface area contributed by atoms with Gasteiger partial charge in [0, 0.05) is 24.3 Å². The number of carboxylic acids is 4. The second-order valence-corrected chi connectivity index (χ2v) is 8.42. The Kier molecular flexibility index (Phi) is 25.0. The predicted molar refractivity (Wildman–Crippen MR) is 143 cm³/mol. The second-order valence-electron chi connectivity index (χ2n) is 7.69. The summed E-state index contributed by atoms with van der Waals surface area (Å²) in [6.07, 6.45) is -0.817. The first kappa shape index (κ1) is 42.8. The van der Waals surface area contributed by atoms with Crippen LogP contribution in [0.1, 0.15) is 25.7 Å². The van der Waals surface area contributed by atoms with Gasteiger partial charge in [-0.25, -0.2) is 0 Å². The van der Waals surface area contributed by atoms with Gasteiger partial charge in [-0.1, -0.05) is 12.8 Å². The summed E-state index contributed by atoms with van der Waals surface area (Å²) in [5, 5.41) is 42.5. The van der Waals surface area contributed by atoms with Crippen LogP contribution in [0.4, 0.5) is 0 Å². The van der Waals surface area contributed by atoms with Gasteiger partial charge in [-0.05, 0) is 12.1 Å². The summed E-state index contributed by atoms with van der Waals surface area (Å²) in [5.41, 5.74) is 14.2. The van der Waals surface area contributed by atoms with E-state index in [-0.39, 0.29) is 64.5 Å². The molecule has 0 aromatic carbocycles. The second kappa shape index (κ2) is 24.0. The summed E-state index contributed by atoms with van der Waals surface area (Å²) in [5.74, 6) is -7.79.